The minimum atomic E-state index is -0.818. The predicted octanol–water partition coefficient (Wildman–Crippen LogP) is 5.55. The van der Waals surface area contributed by atoms with Gasteiger partial charge in [-0.2, -0.15) is 0 Å². The van der Waals surface area contributed by atoms with Gasteiger partial charge in [-0.3, -0.25) is 14.5 Å². The zero-order chi connectivity index (χ0) is 31.9. The monoisotopic (exact) mass is 604 g/mol. The second-order valence-electron chi connectivity index (χ2n) is 11.7. The van der Waals surface area contributed by atoms with Crippen LogP contribution < -0.4 is 20.1 Å². The maximum absolute atomic E-state index is 13.6. The van der Waals surface area contributed by atoms with Gasteiger partial charge in [-0.15, -0.1) is 0 Å². The predicted molar refractivity (Wildman–Crippen MR) is 173 cm³/mol. The summed E-state index contributed by atoms with van der Waals surface area (Å²) in [4.78, 5) is 44.0. The maximum atomic E-state index is 13.6. The Morgan fingerprint density at radius 2 is 1.57 bits per heavy atom. The molecule has 1 saturated heterocycles. The van der Waals surface area contributed by atoms with E-state index in [0.717, 1.165) is 43.8 Å². The molecule has 0 spiro atoms. The number of carbonyl (C=O) groups is 3. The third kappa shape index (κ3) is 7.67. The summed E-state index contributed by atoms with van der Waals surface area (Å²) in [5.74, 6) is -0.605. The largest absolute Gasteiger partial charge is 0.492 e. The van der Waals surface area contributed by atoms with E-state index in [1.165, 1.54) is 7.11 Å². The number of Topliss-reactive ketones (excluding diaryl/α,β-unsaturated/α-hetero) is 1. The van der Waals surface area contributed by atoms with Crippen LogP contribution in [0.25, 0.3) is 10.8 Å². The molecular formula is C34H44N4O6. The first-order chi connectivity index (χ1) is 21.1. The molecule has 4 rings (SSSR count). The summed E-state index contributed by atoms with van der Waals surface area (Å²) in [7, 11) is 1.46. The van der Waals surface area contributed by atoms with Gasteiger partial charge in [-0.25, -0.2) is 4.79 Å². The molecular weight excluding hydrogens is 560 g/mol. The second-order valence-corrected chi connectivity index (χ2v) is 11.7. The Morgan fingerprint density at radius 3 is 2.18 bits per heavy atom. The SMILES string of the molecule is CCN(CC)C(=O)Nc1cc(C(C)(C)C)cc(NC(=O)C(=O)c2ccc(OCCN3CCOCC3)c3ccccc23)c1OC. The molecule has 3 amide bonds. The summed E-state index contributed by atoms with van der Waals surface area (Å²) in [5, 5.41) is 7.06. The van der Waals surface area contributed by atoms with Crippen molar-refractivity contribution in [1.29, 1.82) is 0 Å². The van der Waals surface area contributed by atoms with Crippen molar-refractivity contribution < 1.29 is 28.6 Å². The summed E-state index contributed by atoms with van der Waals surface area (Å²) in [6.45, 7) is 15.4. The van der Waals surface area contributed by atoms with Gasteiger partial charge in [0.1, 0.15) is 12.4 Å². The van der Waals surface area contributed by atoms with Crippen LogP contribution in [-0.4, -0.2) is 87.2 Å². The molecule has 44 heavy (non-hydrogen) atoms. The highest BCUT2D eigenvalue weighted by molar-refractivity contribution is 6.48. The smallest absolute Gasteiger partial charge is 0.321 e. The molecule has 0 unspecified atom stereocenters. The molecule has 1 heterocycles. The van der Waals surface area contributed by atoms with E-state index in [9.17, 15) is 14.4 Å². The Hall–Kier alpha value is -4.15. The molecule has 2 N–H and O–H groups in total. The first-order valence-electron chi connectivity index (χ1n) is 15.2. The first-order valence-corrected chi connectivity index (χ1v) is 15.2. The first kappa shape index (κ1) is 32.8. The van der Waals surface area contributed by atoms with Gasteiger partial charge < -0.3 is 29.7 Å². The number of benzene rings is 3. The summed E-state index contributed by atoms with van der Waals surface area (Å²) in [6, 6.07) is 14.1. The summed E-state index contributed by atoms with van der Waals surface area (Å²) in [6.07, 6.45) is 0. The Morgan fingerprint density at radius 1 is 0.932 bits per heavy atom. The van der Waals surface area contributed by atoms with Gasteiger partial charge >= 0.3 is 6.03 Å². The van der Waals surface area contributed by atoms with Crippen molar-refractivity contribution in [3.05, 3.63) is 59.7 Å². The molecule has 1 fully saturated rings. The average Bonchev–Trinajstić information content (AvgIpc) is 3.01. The van der Waals surface area contributed by atoms with Crippen LogP contribution in [0.2, 0.25) is 0 Å². The Bertz CT molecular complexity index is 1490. The van der Waals surface area contributed by atoms with Gasteiger partial charge in [0.15, 0.2) is 5.75 Å². The number of anilines is 2. The standard InChI is InChI=1S/C34H44N4O6/c1-7-38(8-2)33(41)36-28-22-23(34(3,4)5)21-27(31(28)42-6)35-32(40)30(39)26-13-14-29(25-12-10-9-11-24(25)26)44-20-17-37-15-18-43-19-16-37/h9-14,21-22H,7-8,15-20H2,1-6H3,(H,35,40)(H,36,41). The van der Waals surface area contributed by atoms with E-state index in [0.29, 0.717) is 42.2 Å². The van der Waals surface area contributed by atoms with E-state index in [1.807, 2.05) is 65.0 Å². The van der Waals surface area contributed by atoms with Gasteiger partial charge in [0, 0.05) is 43.7 Å². The Balaban J connectivity index is 1.60. The third-order valence-corrected chi connectivity index (χ3v) is 7.80. The van der Waals surface area contributed by atoms with E-state index in [2.05, 4.69) is 15.5 Å². The van der Waals surface area contributed by atoms with Gasteiger partial charge in [-0.1, -0.05) is 45.0 Å². The molecule has 0 aliphatic carbocycles. The van der Waals surface area contributed by atoms with Gasteiger partial charge in [0.25, 0.3) is 11.7 Å². The molecule has 10 nitrogen and oxygen atoms in total. The highest BCUT2D eigenvalue weighted by Crippen LogP contribution is 2.39. The molecule has 0 bridgehead atoms. The van der Waals surface area contributed by atoms with Crippen molar-refractivity contribution in [2.24, 2.45) is 0 Å². The molecule has 0 atom stereocenters. The lowest BCUT2D eigenvalue weighted by Crippen LogP contribution is -2.38. The van der Waals surface area contributed by atoms with Crippen LogP contribution in [0.3, 0.4) is 0 Å². The molecule has 1 aliphatic heterocycles. The fraction of sp³-hybridized carbons (Fsp3) is 0.441. The normalized spacial score (nSPS) is 13.8. The van der Waals surface area contributed by atoms with Crippen molar-refractivity contribution in [2.75, 3.05) is 70.3 Å². The number of nitrogens with one attached hydrogen (secondary N) is 2. The van der Waals surface area contributed by atoms with Crippen LogP contribution in [0.15, 0.2) is 48.5 Å². The molecule has 236 valence electrons. The van der Waals surface area contributed by atoms with E-state index in [4.69, 9.17) is 14.2 Å². The van der Waals surface area contributed by atoms with Crippen molar-refractivity contribution >= 4 is 39.9 Å². The number of carbonyl (C=O) groups excluding carboxylic acids is 3. The number of fused-ring (bicyclic) bond motifs is 1. The lowest BCUT2D eigenvalue weighted by atomic mass is 9.86. The second kappa shape index (κ2) is 14.5. The van der Waals surface area contributed by atoms with Crippen LogP contribution in [0.4, 0.5) is 16.2 Å². The average molecular weight is 605 g/mol. The topological polar surface area (TPSA) is 109 Å². The number of amides is 3. The van der Waals surface area contributed by atoms with Crippen molar-refractivity contribution in [3.8, 4) is 11.5 Å². The molecule has 10 heteroatoms. The molecule has 3 aromatic rings. The Labute approximate surface area is 259 Å². The van der Waals surface area contributed by atoms with Crippen LogP contribution in [0.1, 0.15) is 50.5 Å². The number of urea groups is 1. The van der Waals surface area contributed by atoms with Gasteiger partial charge in [0.2, 0.25) is 0 Å². The number of ether oxygens (including phenoxy) is 3. The minimum Gasteiger partial charge on any atom is -0.492 e. The number of ketones is 1. The highest BCUT2D eigenvalue weighted by Gasteiger charge is 2.26. The third-order valence-electron chi connectivity index (χ3n) is 7.80. The van der Waals surface area contributed by atoms with Crippen LogP contribution in [-0.2, 0) is 14.9 Å². The van der Waals surface area contributed by atoms with E-state index >= 15 is 0 Å². The van der Waals surface area contributed by atoms with Crippen LogP contribution in [0, 0.1) is 0 Å². The molecule has 0 aromatic heterocycles. The van der Waals surface area contributed by atoms with Gasteiger partial charge in [-0.05, 0) is 54.5 Å². The van der Waals surface area contributed by atoms with E-state index < -0.39 is 11.7 Å². The van der Waals surface area contributed by atoms with Crippen LogP contribution in [0.5, 0.6) is 11.5 Å². The van der Waals surface area contributed by atoms with Gasteiger partial charge in [0.05, 0.1) is 31.7 Å². The zero-order valence-electron chi connectivity index (χ0n) is 26.6. The van der Waals surface area contributed by atoms with Crippen molar-refractivity contribution in [2.45, 2.75) is 40.0 Å². The van der Waals surface area contributed by atoms with Crippen molar-refractivity contribution in [3.63, 3.8) is 0 Å². The lowest BCUT2D eigenvalue weighted by molar-refractivity contribution is -0.112. The number of hydrogen-bond acceptors (Lipinski definition) is 7. The summed E-state index contributed by atoms with van der Waals surface area (Å²) in [5.41, 5.74) is 1.49. The molecule has 1 aliphatic rings. The van der Waals surface area contributed by atoms with Crippen molar-refractivity contribution in [1.82, 2.24) is 9.80 Å². The maximum Gasteiger partial charge on any atom is 0.321 e. The number of nitrogens with zero attached hydrogens (tertiary/aromatic N) is 2. The van der Waals surface area contributed by atoms with Crippen LogP contribution >= 0.6 is 0 Å². The summed E-state index contributed by atoms with van der Waals surface area (Å²) >= 11 is 0. The van der Waals surface area contributed by atoms with E-state index in [-0.39, 0.29) is 22.8 Å². The number of morpholine rings is 1. The summed E-state index contributed by atoms with van der Waals surface area (Å²) < 4.78 is 17.2. The van der Waals surface area contributed by atoms with E-state index in [1.54, 1.807) is 23.1 Å². The zero-order valence-corrected chi connectivity index (χ0v) is 26.6. The lowest BCUT2D eigenvalue weighted by Gasteiger charge is -2.26. The quantitative estimate of drug-likeness (QED) is 0.218. The fourth-order valence-electron chi connectivity index (χ4n) is 5.18. The fourth-order valence-corrected chi connectivity index (χ4v) is 5.18. The minimum absolute atomic E-state index is 0.258. The Kier molecular flexibility index (Phi) is 10.8. The molecule has 3 aromatic carbocycles. The number of methoxy groups -OCH3 is 1. The number of rotatable bonds is 11. The highest BCUT2D eigenvalue weighted by atomic mass is 16.5. The number of hydrogen-bond donors (Lipinski definition) is 2. The molecule has 0 saturated carbocycles. The molecule has 0 radical (unpaired) electrons.